The molecule has 0 bridgehead atoms. The van der Waals surface area contributed by atoms with Crippen LogP contribution in [-0.2, 0) is 9.59 Å². The number of hydrogen-bond donors (Lipinski definition) is 2. The molecule has 0 radical (unpaired) electrons. The molecule has 3 aromatic rings. The number of para-hydroxylation sites is 1. The summed E-state index contributed by atoms with van der Waals surface area (Å²) in [4.78, 5) is 30.5. The number of nitrogens with zero attached hydrogens (tertiary/aromatic N) is 2. The number of anilines is 2. The van der Waals surface area contributed by atoms with Gasteiger partial charge in [0, 0.05) is 37.6 Å². The number of nitrogens with one attached hydrogen (secondary N) is 2. The number of amides is 2. The summed E-state index contributed by atoms with van der Waals surface area (Å²) in [5, 5.41) is 6.13. The van der Waals surface area contributed by atoms with Gasteiger partial charge in [0.05, 0.1) is 13.7 Å². The van der Waals surface area contributed by atoms with E-state index in [-0.39, 0.29) is 11.8 Å². The number of hydrogen-bond acceptors (Lipinski definition) is 5. The quantitative estimate of drug-likeness (QED) is 0.498. The summed E-state index contributed by atoms with van der Waals surface area (Å²) in [7, 11) is 1.62. The van der Waals surface area contributed by atoms with Crippen LogP contribution in [0, 0.1) is 13.8 Å². The first-order valence-corrected chi connectivity index (χ1v) is 12.3. The number of piperazine rings is 1. The maximum atomic E-state index is 13.4. The Morgan fingerprint density at radius 2 is 1.47 bits per heavy atom. The fraction of sp³-hybridized carbons (Fsp3) is 0.310. The molecule has 4 rings (SSSR count). The van der Waals surface area contributed by atoms with E-state index in [0.717, 1.165) is 33.8 Å². The Balaban J connectivity index is 1.39. The molecule has 7 heteroatoms. The average Bonchev–Trinajstić information content (AvgIpc) is 2.89. The minimum atomic E-state index is -0.418. The van der Waals surface area contributed by atoms with Gasteiger partial charge in [-0.1, -0.05) is 48.5 Å². The van der Waals surface area contributed by atoms with Crippen LogP contribution in [-0.4, -0.2) is 61.4 Å². The van der Waals surface area contributed by atoms with E-state index in [4.69, 9.17) is 4.74 Å². The number of carbonyl (C=O) groups is 2. The van der Waals surface area contributed by atoms with E-state index in [1.807, 2.05) is 86.6 Å². The third-order valence-electron chi connectivity index (χ3n) is 6.61. The van der Waals surface area contributed by atoms with Crippen molar-refractivity contribution in [3.8, 4) is 5.75 Å². The van der Waals surface area contributed by atoms with Gasteiger partial charge >= 0.3 is 0 Å². The molecule has 1 aliphatic rings. The molecule has 0 spiro atoms. The maximum absolute atomic E-state index is 13.4. The van der Waals surface area contributed by atoms with Gasteiger partial charge in [0.1, 0.15) is 11.8 Å². The summed E-state index contributed by atoms with van der Waals surface area (Å²) >= 11 is 0. The van der Waals surface area contributed by atoms with E-state index in [1.54, 1.807) is 7.11 Å². The fourth-order valence-corrected chi connectivity index (χ4v) is 4.62. The van der Waals surface area contributed by atoms with E-state index in [0.29, 0.717) is 32.7 Å². The molecule has 0 aliphatic carbocycles. The first-order chi connectivity index (χ1) is 17.4. The number of methoxy groups -OCH3 is 1. The van der Waals surface area contributed by atoms with E-state index in [1.165, 1.54) is 0 Å². The first kappa shape index (κ1) is 25.4. The van der Waals surface area contributed by atoms with Crippen molar-refractivity contribution in [3.05, 3.63) is 89.5 Å². The maximum Gasteiger partial charge on any atom is 0.246 e. The van der Waals surface area contributed by atoms with Gasteiger partial charge in [-0.2, -0.15) is 0 Å². The Labute approximate surface area is 213 Å². The molecule has 0 saturated carbocycles. The minimum Gasteiger partial charge on any atom is -0.497 e. The Morgan fingerprint density at radius 1 is 0.833 bits per heavy atom. The van der Waals surface area contributed by atoms with Crippen LogP contribution < -0.4 is 15.4 Å². The zero-order valence-electron chi connectivity index (χ0n) is 21.2. The van der Waals surface area contributed by atoms with Crippen molar-refractivity contribution in [3.63, 3.8) is 0 Å². The lowest BCUT2D eigenvalue weighted by atomic mass is 10.0. The van der Waals surface area contributed by atoms with E-state index in [2.05, 4.69) is 20.4 Å². The van der Waals surface area contributed by atoms with Crippen LogP contribution >= 0.6 is 0 Å². The molecule has 0 aromatic heterocycles. The summed E-state index contributed by atoms with van der Waals surface area (Å²) in [6, 6.07) is 22.8. The largest absolute Gasteiger partial charge is 0.497 e. The minimum absolute atomic E-state index is 0.0160. The summed E-state index contributed by atoms with van der Waals surface area (Å²) in [5.74, 6) is 0.649. The fourth-order valence-electron chi connectivity index (χ4n) is 4.62. The molecule has 1 heterocycles. The molecule has 3 aromatic carbocycles. The van der Waals surface area contributed by atoms with Crippen LogP contribution in [0.3, 0.4) is 0 Å². The van der Waals surface area contributed by atoms with Crippen molar-refractivity contribution >= 4 is 23.2 Å². The second kappa shape index (κ2) is 11.8. The van der Waals surface area contributed by atoms with Crippen LogP contribution in [0.2, 0.25) is 0 Å². The van der Waals surface area contributed by atoms with Gasteiger partial charge in [-0.05, 0) is 54.8 Å². The number of benzene rings is 3. The molecule has 1 aliphatic heterocycles. The monoisotopic (exact) mass is 486 g/mol. The number of carbonyl (C=O) groups excluding carboxylic acids is 2. The van der Waals surface area contributed by atoms with E-state index < -0.39 is 6.04 Å². The molecule has 1 atom stereocenters. The first-order valence-electron chi connectivity index (χ1n) is 12.3. The van der Waals surface area contributed by atoms with Crippen LogP contribution in [0.5, 0.6) is 5.75 Å². The van der Waals surface area contributed by atoms with Gasteiger partial charge in [-0.15, -0.1) is 0 Å². The molecular weight excluding hydrogens is 452 g/mol. The molecule has 0 unspecified atom stereocenters. The zero-order valence-corrected chi connectivity index (χ0v) is 21.2. The normalized spacial score (nSPS) is 15.2. The lowest BCUT2D eigenvalue weighted by molar-refractivity contribution is -0.123. The third kappa shape index (κ3) is 6.30. The lowest BCUT2D eigenvalue weighted by Gasteiger charge is -2.38. The van der Waals surface area contributed by atoms with Crippen LogP contribution in [0.25, 0.3) is 0 Å². The Morgan fingerprint density at radius 3 is 2.08 bits per heavy atom. The van der Waals surface area contributed by atoms with E-state index in [9.17, 15) is 9.59 Å². The van der Waals surface area contributed by atoms with Gasteiger partial charge < -0.3 is 15.4 Å². The smallest absolute Gasteiger partial charge is 0.246 e. The predicted molar refractivity (Wildman–Crippen MR) is 143 cm³/mol. The van der Waals surface area contributed by atoms with Crippen LogP contribution in [0.1, 0.15) is 22.7 Å². The van der Waals surface area contributed by atoms with Gasteiger partial charge in [-0.3, -0.25) is 19.4 Å². The van der Waals surface area contributed by atoms with Gasteiger partial charge in [0.25, 0.3) is 0 Å². The second-order valence-corrected chi connectivity index (χ2v) is 9.16. The molecule has 2 amide bonds. The molecule has 2 N–H and O–H groups in total. The van der Waals surface area contributed by atoms with Crippen molar-refractivity contribution < 1.29 is 14.3 Å². The van der Waals surface area contributed by atoms with Crippen LogP contribution in [0.15, 0.2) is 72.8 Å². The van der Waals surface area contributed by atoms with Crippen molar-refractivity contribution in [1.29, 1.82) is 0 Å². The average molecular weight is 487 g/mol. The number of aryl methyl sites for hydroxylation is 2. The summed E-state index contributed by atoms with van der Waals surface area (Å²) < 4.78 is 5.21. The SMILES string of the molecule is COc1ccc(NC(=O)[C@H](c2ccccc2)N2CCN(CC(=O)Nc3c(C)cccc3C)CC2)cc1. The number of ether oxygens (including phenoxy) is 1. The molecule has 1 fully saturated rings. The van der Waals surface area contributed by atoms with Gasteiger partial charge in [0.2, 0.25) is 11.8 Å². The molecule has 1 saturated heterocycles. The highest BCUT2D eigenvalue weighted by Gasteiger charge is 2.31. The zero-order chi connectivity index (χ0) is 25.5. The van der Waals surface area contributed by atoms with Gasteiger partial charge in [0.15, 0.2) is 0 Å². The highest BCUT2D eigenvalue weighted by molar-refractivity contribution is 5.96. The molecular formula is C29H34N4O3. The topological polar surface area (TPSA) is 73.9 Å². The van der Waals surface area contributed by atoms with Crippen molar-refractivity contribution in [1.82, 2.24) is 9.80 Å². The highest BCUT2D eigenvalue weighted by atomic mass is 16.5. The third-order valence-corrected chi connectivity index (χ3v) is 6.61. The van der Waals surface area contributed by atoms with Crippen molar-refractivity contribution in [2.75, 3.05) is 50.5 Å². The Hall–Kier alpha value is -3.68. The second-order valence-electron chi connectivity index (χ2n) is 9.16. The molecule has 36 heavy (non-hydrogen) atoms. The van der Waals surface area contributed by atoms with Crippen LogP contribution in [0.4, 0.5) is 11.4 Å². The number of rotatable bonds is 8. The summed E-state index contributed by atoms with van der Waals surface area (Å²) in [6.07, 6.45) is 0. The van der Waals surface area contributed by atoms with Crippen molar-refractivity contribution in [2.45, 2.75) is 19.9 Å². The summed E-state index contributed by atoms with van der Waals surface area (Å²) in [6.45, 7) is 7.12. The molecule has 7 nitrogen and oxygen atoms in total. The summed E-state index contributed by atoms with van der Waals surface area (Å²) in [5.41, 5.74) is 4.68. The predicted octanol–water partition coefficient (Wildman–Crippen LogP) is 4.25. The highest BCUT2D eigenvalue weighted by Crippen LogP contribution is 2.25. The Bertz CT molecular complexity index is 1150. The standard InChI is InChI=1S/C29H34N4O3/c1-21-8-7-9-22(2)27(21)31-26(34)20-32-16-18-33(19-17-32)28(23-10-5-4-6-11-23)29(35)30-24-12-14-25(36-3)15-13-24/h4-15,28H,16-20H2,1-3H3,(H,30,35)(H,31,34)/t28-/m0/s1. The molecule has 188 valence electrons. The lowest BCUT2D eigenvalue weighted by Crippen LogP contribution is -2.51. The van der Waals surface area contributed by atoms with Gasteiger partial charge in [-0.25, -0.2) is 0 Å². The Kier molecular flexibility index (Phi) is 8.36. The van der Waals surface area contributed by atoms with Crippen molar-refractivity contribution in [2.24, 2.45) is 0 Å². The van der Waals surface area contributed by atoms with E-state index >= 15 is 0 Å².